The predicted octanol–water partition coefficient (Wildman–Crippen LogP) is 2.24. The first-order valence-electron chi connectivity index (χ1n) is 7.20. The van der Waals surface area contributed by atoms with Gasteiger partial charge in [-0.2, -0.15) is 5.10 Å². The van der Waals surface area contributed by atoms with Crippen molar-refractivity contribution in [3.8, 4) is 5.82 Å². The Morgan fingerprint density at radius 3 is 3.10 bits per heavy atom. The van der Waals surface area contributed by atoms with Crippen LogP contribution in [0.15, 0.2) is 48.9 Å². The molecule has 1 N–H and O–H groups in total. The molecule has 1 unspecified atom stereocenters. The van der Waals surface area contributed by atoms with E-state index >= 15 is 0 Å². The van der Waals surface area contributed by atoms with Crippen LogP contribution in [0.2, 0.25) is 0 Å². The van der Waals surface area contributed by atoms with Gasteiger partial charge in [-0.05, 0) is 43.0 Å². The van der Waals surface area contributed by atoms with Gasteiger partial charge < -0.3 is 5.32 Å². The fraction of sp³-hybridized carbons (Fsp3) is 0.312. The largest absolute Gasteiger partial charge is 0.352 e. The van der Waals surface area contributed by atoms with Crippen LogP contribution in [0, 0.1) is 5.92 Å². The summed E-state index contributed by atoms with van der Waals surface area (Å²) < 4.78 is 1.71. The van der Waals surface area contributed by atoms with E-state index in [1.165, 1.54) is 0 Å². The normalized spacial score (nSPS) is 17.6. The van der Waals surface area contributed by atoms with E-state index in [2.05, 4.69) is 27.6 Å². The van der Waals surface area contributed by atoms with Gasteiger partial charge >= 0.3 is 0 Å². The molecule has 5 nitrogen and oxygen atoms in total. The van der Waals surface area contributed by atoms with Crippen LogP contribution in [-0.2, 0) is 11.3 Å². The van der Waals surface area contributed by atoms with Crippen LogP contribution in [0.3, 0.4) is 0 Å². The molecule has 0 saturated heterocycles. The highest BCUT2D eigenvalue weighted by Gasteiger charge is 2.18. The molecule has 0 fully saturated rings. The lowest BCUT2D eigenvalue weighted by Gasteiger charge is -2.17. The van der Waals surface area contributed by atoms with Gasteiger partial charge in [0.05, 0.1) is 0 Å². The number of aromatic nitrogens is 3. The molecule has 5 heteroatoms. The zero-order valence-corrected chi connectivity index (χ0v) is 11.8. The number of carbonyl (C=O) groups is 1. The van der Waals surface area contributed by atoms with Crippen molar-refractivity contribution in [3.05, 3.63) is 54.5 Å². The highest BCUT2D eigenvalue weighted by atomic mass is 16.1. The lowest BCUT2D eigenvalue weighted by atomic mass is 9.93. The van der Waals surface area contributed by atoms with E-state index in [0.29, 0.717) is 6.54 Å². The van der Waals surface area contributed by atoms with E-state index < -0.39 is 0 Å². The minimum atomic E-state index is 0.113. The molecule has 1 amide bonds. The molecule has 0 radical (unpaired) electrons. The first-order valence-corrected chi connectivity index (χ1v) is 7.20. The molecule has 2 heterocycles. The Kier molecular flexibility index (Phi) is 4.09. The lowest BCUT2D eigenvalue weighted by Crippen LogP contribution is -2.30. The van der Waals surface area contributed by atoms with Gasteiger partial charge in [-0.3, -0.25) is 4.79 Å². The average molecular weight is 282 g/mol. The van der Waals surface area contributed by atoms with Crippen LogP contribution in [0.5, 0.6) is 0 Å². The fourth-order valence-electron chi connectivity index (χ4n) is 2.47. The van der Waals surface area contributed by atoms with E-state index in [-0.39, 0.29) is 11.8 Å². The van der Waals surface area contributed by atoms with Crippen LogP contribution >= 0.6 is 0 Å². The quantitative estimate of drug-likeness (QED) is 0.875. The third-order valence-electron chi connectivity index (χ3n) is 3.66. The van der Waals surface area contributed by atoms with E-state index in [1.807, 2.05) is 24.4 Å². The van der Waals surface area contributed by atoms with E-state index in [1.54, 1.807) is 17.1 Å². The summed E-state index contributed by atoms with van der Waals surface area (Å²) in [7, 11) is 0. The van der Waals surface area contributed by atoms with Gasteiger partial charge in [0, 0.05) is 31.1 Å². The molecule has 0 aromatic carbocycles. The van der Waals surface area contributed by atoms with Gasteiger partial charge in [0.25, 0.3) is 0 Å². The van der Waals surface area contributed by atoms with Gasteiger partial charge in [0.2, 0.25) is 5.91 Å². The van der Waals surface area contributed by atoms with Crippen molar-refractivity contribution in [3.63, 3.8) is 0 Å². The second-order valence-corrected chi connectivity index (χ2v) is 5.17. The highest BCUT2D eigenvalue weighted by Crippen LogP contribution is 2.18. The second kappa shape index (κ2) is 6.35. The molecular weight excluding hydrogens is 264 g/mol. The Morgan fingerprint density at radius 1 is 1.38 bits per heavy atom. The summed E-state index contributed by atoms with van der Waals surface area (Å²) in [6, 6.07) is 5.70. The summed E-state index contributed by atoms with van der Waals surface area (Å²) in [6.07, 6.45) is 12.3. The summed E-state index contributed by atoms with van der Waals surface area (Å²) in [4.78, 5) is 16.4. The number of rotatable bonds is 4. The standard InChI is InChI=1S/C16H18N4O/c21-16(14-5-2-1-3-6-14)18-12-13-7-9-17-15(11-13)20-10-4-8-19-20/h1-2,4,7-11,14H,3,5-6,12H2,(H,18,21). The summed E-state index contributed by atoms with van der Waals surface area (Å²) in [5, 5.41) is 7.17. The van der Waals surface area contributed by atoms with Gasteiger partial charge in [0.15, 0.2) is 5.82 Å². The Labute approximate surface area is 123 Å². The van der Waals surface area contributed by atoms with Gasteiger partial charge in [-0.25, -0.2) is 9.67 Å². The van der Waals surface area contributed by atoms with Crippen LogP contribution in [0.1, 0.15) is 24.8 Å². The minimum absolute atomic E-state index is 0.113. The monoisotopic (exact) mass is 282 g/mol. The Bertz CT molecular complexity index is 633. The van der Waals surface area contributed by atoms with Crippen molar-refractivity contribution in [2.24, 2.45) is 5.92 Å². The number of hydrogen-bond donors (Lipinski definition) is 1. The van der Waals surface area contributed by atoms with Crippen molar-refractivity contribution in [1.29, 1.82) is 0 Å². The van der Waals surface area contributed by atoms with Gasteiger partial charge in [-0.1, -0.05) is 12.2 Å². The summed E-state index contributed by atoms with van der Waals surface area (Å²) >= 11 is 0. The highest BCUT2D eigenvalue weighted by molar-refractivity contribution is 5.78. The van der Waals surface area contributed by atoms with Crippen LogP contribution in [0.4, 0.5) is 0 Å². The number of amides is 1. The molecule has 0 saturated carbocycles. The Hall–Kier alpha value is -2.43. The average Bonchev–Trinajstić information content (AvgIpc) is 3.08. The maximum atomic E-state index is 12.1. The third kappa shape index (κ3) is 3.37. The minimum Gasteiger partial charge on any atom is -0.352 e. The zero-order chi connectivity index (χ0) is 14.5. The number of allylic oxidation sites excluding steroid dienone is 2. The van der Waals surface area contributed by atoms with E-state index in [9.17, 15) is 4.79 Å². The predicted molar refractivity (Wildman–Crippen MR) is 79.7 cm³/mol. The number of pyridine rings is 1. The topological polar surface area (TPSA) is 59.8 Å². The maximum Gasteiger partial charge on any atom is 0.223 e. The van der Waals surface area contributed by atoms with Crippen molar-refractivity contribution in [2.75, 3.05) is 0 Å². The number of carbonyl (C=O) groups excluding carboxylic acids is 1. The van der Waals surface area contributed by atoms with Crippen molar-refractivity contribution >= 4 is 5.91 Å². The molecule has 2 aromatic heterocycles. The van der Waals surface area contributed by atoms with E-state index in [0.717, 1.165) is 30.6 Å². The van der Waals surface area contributed by atoms with Crippen molar-refractivity contribution < 1.29 is 4.79 Å². The SMILES string of the molecule is O=C(NCc1ccnc(-n2cccn2)c1)C1CC=CCC1. The van der Waals surface area contributed by atoms with Crippen LogP contribution < -0.4 is 5.32 Å². The molecule has 2 aromatic rings. The van der Waals surface area contributed by atoms with Gasteiger partial charge in [0.1, 0.15) is 0 Å². The first-order chi connectivity index (χ1) is 10.3. The second-order valence-electron chi connectivity index (χ2n) is 5.17. The van der Waals surface area contributed by atoms with Crippen LogP contribution in [0.25, 0.3) is 5.82 Å². The molecule has 3 rings (SSSR count). The molecule has 108 valence electrons. The molecule has 1 atom stereocenters. The zero-order valence-electron chi connectivity index (χ0n) is 11.8. The molecule has 1 aliphatic rings. The number of nitrogens with zero attached hydrogens (tertiary/aromatic N) is 3. The maximum absolute atomic E-state index is 12.1. The van der Waals surface area contributed by atoms with Crippen LogP contribution in [-0.4, -0.2) is 20.7 Å². The first kappa shape index (κ1) is 13.5. The third-order valence-corrected chi connectivity index (χ3v) is 3.66. The molecule has 21 heavy (non-hydrogen) atoms. The van der Waals surface area contributed by atoms with Crippen molar-refractivity contribution in [1.82, 2.24) is 20.1 Å². The summed E-state index contributed by atoms with van der Waals surface area (Å²) in [5.41, 5.74) is 1.02. The number of nitrogens with one attached hydrogen (secondary N) is 1. The Morgan fingerprint density at radius 2 is 2.33 bits per heavy atom. The lowest BCUT2D eigenvalue weighted by molar-refractivity contribution is -0.125. The molecule has 0 aliphatic heterocycles. The van der Waals surface area contributed by atoms with E-state index in [4.69, 9.17) is 0 Å². The molecule has 0 bridgehead atoms. The smallest absolute Gasteiger partial charge is 0.223 e. The number of hydrogen-bond acceptors (Lipinski definition) is 3. The fourth-order valence-corrected chi connectivity index (χ4v) is 2.47. The molecule has 0 spiro atoms. The Balaban J connectivity index is 1.61. The molecular formula is C16H18N4O. The van der Waals surface area contributed by atoms with Crippen molar-refractivity contribution in [2.45, 2.75) is 25.8 Å². The molecule has 1 aliphatic carbocycles. The summed E-state index contributed by atoms with van der Waals surface area (Å²) in [5.74, 6) is 1.01. The van der Waals surface area contributed by atoms with Gasteiger partial charge in [-0.15, -0.1) is 0 Å². The summed E-state index contributed by atoms with van der Waals surface area (Å²) in [6.45, 7) is 0.524.